The molecular formula is C16H21N3. The quantitative estimate of drug-likeness (QED) is 0.916. The summed E-state index contributed by atoms with van der Waals surface area (Å²) in [5.74, 6) is 0.788. The molecule has 1 aliphatic heterocycles. The highest BCUT2D eigenvalue weighted by molar-refractivity contribution is 5.79. The second-order valence-electron chi connectivity index (χ2n) is 5.60. The fraction of sp³-hybridized carbons (Fsp3) is 0.438. The highest BCUT2D eigenvalue weighted by atomic mass is 15.2. The van der Waals surface area contributed by atoms with E-state index in [2.05, 4.69) is 41.1 Å². The highest BCUT2D eigenvalue weighted by Gasteiger charge is 2.26. The molecule has 1 saturated heterocycles. The summed E-state index contributed by atoms with van der Waals surface area (Å²) >= 11 is 0. The molecule has 1 aromatic heterocycles. The van der Waals surface area contributed by atoms with Gasteiger partial charge in [-0.2, -0.15) is 0 Å². The van der Waals surface area contributed by atoms with Crippen molar-refractivity contribution < 1.29 is 0 Å². The van der Waals surface area contributed by atoms with Gasteiger partial charge >= 0.3 is 0 Å². The maximum absolute atomic E-state index is 6.02. The molecule has 100 valence electrons. The molecule has 0 spiro atoms. The van der Waals surface area contributed by atoms with Crippen LogP contribution in [-0.2, 0) is 0 Å². The number of fused-ring (bicyclic) bond motifs is 1. The van der Waals surface area contributed by atoms with E-state index in [1.165, 1.54) is 17.4 Å². The predicted molar refractivity (Wildman–Crippen MR) is 78.9 cm³/mol. The van der Waals surface area contributed by atoms with Crippen molar-refractivity contribution in [2.75, 3.05) is 19.6 Å². The zero-order chi connectivity index (χ0) is 13.2. The number of pyridine rings is 1. The molecule has 2 unspecified atom stereocenters. The Morgan fingerprint density at radius 1 is 1.42 bits per heavy atom. The van der Waals surface area contributed by atoms with E-state index >= 15 is 0 Å². The maximum atomic E-state index is 6.02. The van der Waals surface area contributed by atoms with Crippen molar-refractivity contribution in [1.29, 1.82) is 0 Å². The average Bonchev–Trinajstić information content (AvgIpc) is 2.86. The van der Waals surface area contributed by atoms with Gasteiger partial charge in [-0.15, -0.1) is 0 Å². The number of hydrogen-bond acceptors (Lipinski definition) is 3. The Balaban J connectivity index is 1.92. The summed E-state index contributed by atoms with van der Waals surface area (Å²) in [6.45, 7) is 5.32. The topological polar surface area (TPSA) is 42.1 Å². The van der Waals surface area contributed by atoms with Crippen molar-refractivity contribution in [3.05, 3.63) is 42.1 Å². The lowest BCUT2D eigenvalue weighted by atomic mass is 10.0. The fourth-order valence-electron chi connectivity index (χ4n) is 3.05. The lowest BCUT2D eigenvalue weighted by molar-refractivity contribution is 0.244. The number of likely N-dealkylation sites (tertiary alicyclic amines) is 1. The predicted octanol–water partition coefficient (Wildman–Crippen LogP) is 2.58. The van der Waals surface area contributed by atoms with Gasteiger partial charge in [0, 0.05) is 30.7 Å². The smallest absolute Gasteiger partial charge is 0.0702 e. The van der Waals surface area contributed by atoms with Crippen LogP contribution in [0, 0.1) is 5.92 Å². The van der Waals surface area contributed by atoms with Crippen molar-refractivity contribution in [2.45, 2.75) is 19.4 Å². The fourth-order valence-corrected chi connectivity index (χ4v) is 3.05. The molecule has 3 nitrogen and oxygen atoms in total. The van der Waals surface area contributed by atoms with Crippen molar-refractivity contribution in [2.24, 2.45) is 11.7 Å². The van der Waals surface area contributed by atoms with Crippen LogP contribution in [0.1, 0.15) is 24.9 Å². The molecule has 0 bridgehead atoms. The van der Waals surface area contributed by atoms with E-state index in [1.807, 2.05) is 12.3 Å². The van der Waals surface area contributed by atoms with Crippen LogP contribution in [0.4, 0.5) is 0 Å². The SMILES string of the molecule is CC1CCN(C(CN)c2ccc3ncccc3c2)C1. The molecule has 0 amide bonds. The molecule has 0 radical (unpaired) electrons. The number of benzene rings is 1. The Labute approximate surface area is 114 Å². The van der Waals surface area contributed by atoms with Crippen LogP contribution in [0.2, 0.25) is 0 Å². The molecule has 0 saturated carbocycles. The van der Waals surface area contributed by atoms with Crippen LogP contribution in [-0.4, -0.2) is 29.5 Å². The first kappa shape index (κ1) is 12.6. The maximum Gasteiger partial charge on any atom is 0.0702 e. The number of nitrogens with zero attached hydrogens (tertiary/aromatic N) is 2. The van der Waals surface area contributed by atoms with Gasteiger partial charge in [-0.25, -0.2) is 0 Å². The lowest BCUT2D eigenvalue weighted by Gasteiger charge is -2.27. The monoisotopic (exact) mass is 255 g/mol. The third-order valence-corrected chi connectivity index (χ3v) is 4.13. The van der Waals surface area contributed by atoms with Gasteiger partial charge in [-0.1, -0.05) is 19.1 Å². The van der Waals surface area contributed by atoms with Gasteiger partial charge in [-0.05, 0) is 42.6 Å². The molecule has 3 heteroatoms. The van der Waals surface area contributed by atoms with Crippen LogP contribution in [0.15, 0.2) is 36.5 Å². The second-order valence-corrected chi connectivity index (χ2v) is 5.60. The Bertz CT molecular complexity index is 567. The van der Waals surface area contributed by atoms with Crippen LogP contribution < -0.4 is 5.73 Å². The van der Waals surface area contributed by atoms with E-state index in [0.29, 0.717) is 12.6 Å². The second kappa shape index (κ2) is 5.27. The van der Waals surface area contributed by atoms with Gasteiger partial charge in [0.1, 0.15) is 0 Å². The van der Waals surface area contributed by atoms with Crippen LogP contribution in [0.3, 0.4) is 0 Å². The number of nitrogens with two attached hydrogens (primary N) is 1. The first-order chi connectivity index (χ1) is 9.28. The molecule has 19 heavy (non-hydrogen) atoms. The minimum absolute atomic E-state index is 0.342. The molecule has 0 aliphatic carbocycles. The summed E-state index contributed by atoms with van der Waals surface area (Å²) < 4.78 is 0. The van der Waals surface area contributed by atoms with Gasteiger partial charge in [-0.3, -0.25) is 9.88 Å². The third-order valence-electron chi connectivity index (χ3n) is 4.13. The molecule has 2 N–H and O–H groups in total. The Morgan fingerprint density at radius 3 is 3.05 bits per heavy atom. The molecule has 1 aliphatic rings. The zero-order valence-corrected chi connectivity index (χ0v) is 11.4. The number of hydrogen-bond donors (Lipinski definition) is 1. The molecule has 1 aromatic carbocycles. The van der Waals surface area contributed by atoms with E-state index in [0.717, 1.165) is 24.5 Å². The standard InChI is InChI=1S/C16H21N3/c1-12-6-8-19(11-12)16(10-17)14-4-5-15-13(9-14)3-2-7-18-15/h2-5,7,9,12,16H,6,8,10-11,17H2,1H3. The summed E-state index contributed by atoms with van der Waals surface area (Å²) in [6.07, 6.45) is 3.12. The van der Waals surface area contributed by atoms with Crippen LogP contribution in [0.25, 0.3) is 10.9 Å². The van der Waals surface area contributed by atoms with Crippen molar-refractivity contribution in [3.8, 4) is 0 Å². The molecule has 2 aromatic rings. The van der Waals surface area contributed by atoms with E-state index < -0.39 is 0 Å². The summed E-state index contributed by atoms with van der Waals surface area (Å²) in [6, 6.07) is 11.0. The Hall–Kier alpha value is -1.45. The number of rotatable bonds is 3. The highest BCUT2D eigenvalue weighted by Crippen LogP contribution is 2.28. The van der Waals surface area contributed by atoms with Gasteiger partial charge in [0.2, 0.25) is 0 Å². The lowest BCUT2D eigenvalue weighted by Crippen LogP contribution is -2.31. The summed E-state index contributed by atoms with van der Waals surface area (Å²) in [4.78, 5) is 6.89. The Morgan fingerprint density at radius 2 is 2.32 bits per heavy atom. The van der Waals surface area contributed by atoms with Crippen LogP contribution >= 0.6 is 0 Å². The normalized spacial score (nSPS) is 21.9. The first-order valence-corrected chi connectivity index (χ1v) is 7.06. The van der Waals surface area contributed by atoms with E-state index in [-0.39, 0.29) is 0 Å². The molecule has 2 atom stereocenters. The summed E-state index contributed by atoms with van der Waals surface area (Å²) in [7, 11) is 0. The van der Waals surface area contributed by atoms with Gasteiger partial charge < -0.3 is 5.73 Å². The van der Waals surface area contributed by atoms with Crippen LogP contribution in [0.5, 0.6) is 0 Å². The molecule has 3 rings (SSSR count). The number of aromatic nitrogens is 1. The molecule has 1 fully saturated rings. The largest absolute Gasteiger partial charge is 0.329 e. The molecular weight excluding hydrogens is 234 g/mol. The minimum Gasteiger partial charge on any atom is -0.329 e. The third kappa shape index (κ3) is 2.48. The van der Waals surface area contributed by atoms with Crippen molar-refractivity contribution in [1.82, 2.24) is 9.88 Å². The van der Waals surface area contributed by atoms with E-state index in [9.17, 15) is 0 Å². The van der Waals surface area contributed by atoms with Gasteiger partial charge in [0.05, 0.1) is 5.52 Å². The van der Waals surface area contributed by atoms with E-state index in [1.54, 1.807) is 0 Å². The van der Waals surface area contributed by atoms with E-state index in [4.69, 9.17) is 5.73 Å². The summed E-state index contributed by atoms with van der Waals surface area (Å²) in [5.41, 5.74) is 8.39. The first-order valence-electron chi connectivity index (χ1n) is 7.06. The Kier molecular flexibility index (Phi) is 3.49. The van der Waals surface area contributed by atoms with Gasteiger partial charge in [0.15, 0.2) is 0 Å². The van der Waals surface area contributed by atoms with Crippen molar-refractivity contribution in [3.63, 3.8) is 0 Å². The van der Waals surface area contributed by atoms with Gasteiger partial charge in [0.25, 0.3) is 0 Å². The summed E-state index contributed by atoms with van der Waals surface area (Å²) in [5, 5.41) is 1.20. The van der Waals surface area contributed by atoms with Crippen molar-refractivity contribution >= 4 is 10.9 Å². The average molecular weight is 255 g/mol. The molecule has 2 heterocycles. The zero-order valence-electron chi connectivity index (χ0n) is 11.4. The minimum atomic E-state index is 0.342.